The molecule has 2 aromatic carbocycles. The van der Waals surface area contributed by atoms with Gasteiger partial charge < -0.3 is 33.9 Å². The minimum Gasteiger partial charge on any atom is -0.507 e. The van der Waals surface area contributed by atoms with Gasteiger partial charge in [-0.2, -0.15) is 0 Å². The topological polar surface area (TPSA) is 123 Å². The van der Waals surface area contributed by atoms with E-state index in [0.29, 0.717) is 48.8 Å². The number of nitrogens with zero attached hydrogens (tertiary/aromatic N) is 3. The molecule has 10 nitrogen and oxygen atoms in total. The number of carbonyl (C=O) groups excluding carboxylic acids is 2. The molecular formula is C26H25N3O7. The lowest BCUT2D eigenvalue weighted by molar-refractivity contribution is -0.139. The molecule has 1 atom stereocenters. The van der Waals surface area contributed by atoms with Crippen LogP contribution in [-0.2, 0) is 16.1 Å². The number of hydrogen-bond acceptors (Lipinski definition) is 8. The van der Waals surface area contributed by atoms with E-state index in [1.165, 1.54) is 18.1 Å². The van der Waals surface area contributed by atoms with Gasteiger partial charge in [-0.25, -0.2) is 4.98 Å². The van der Waals surface area contributed by atoms with E-state index >= 15 is 0 Å². The number of aliphatic hydroxyl groups is 1. The Morgan fingerprint density at radius 1 is 1.11 bits per heavy atom. The summed E-state index contributed by atoms with van der Waals surface area (Å²) in [5, 5.41) is 21.4. The van der Waals surface area contributed by atoms with Crippen molar-refractivity contribution in [3.63, 3.8) is 0 Å². The number of phenols is 1. The quantitative estimate of drug-likeness (QED) is 0.294. The molecule has 1 amide bonds. The highest BCUT2D eigenvalue weighted by Gasteiger charge is 2.46. The van der Waals surface area contributed by atoms with E-state index in [4.69, 9.17) is 14.2 Å². The molecule has 3 aromatic rings. The zero-order chi connectivity index (χ0) is 25.2. The number of rotatable bonds is 7. The molecule has 3 heterocycles. The summed E-state index contributed by atoms with van der Waals surface area (Å²) in [5.41, 5.74) is 0.795. The molecule has 186 valence electrons. The van der Waals surface area contributed by atoms with Crippen molar-refractivity contribution in [1.29, 1.82) is 0 Å². The number of phenolic OH excluding ortho intramolecular Hbond substituents is 1. The van der Waals surface area contributed by atoms with Gasteiger partial charge in [0.05, 0.1) is 25.1 Å². The minimum absolute atomic E-state index is 0.0490. The first kappa shape index (κ1) is 23.3. The number of methoxy groups -OCH3 is 1. The standard InChI is InChI=1S/C26H25N3O7/c1-34-20-13-16(3-5-18(20)30)23-22(24(31)17-4-6-19-21(14-17)36-12-11-35-19)25(32)26(33)29(23)9-2-8-28-10-7-27-15-28/h3-7,10,13-15,23,30-31H,2,8-9,11-12H2,1H3/t23-/m0/s1. The Balaban J connectivity index is 1.56. The largest absolute Gasteiger partial charge is 0.507 e. The summed E-state index contributed by atoms with van der Waals surface area (Å²) < 4.78 is 18.3. The van der Waals surface area contributed by atoms with Crippen LogP contribution in [0.3, 0.4) is 0 Å². The Kier molecular flexibility index (Phi) is 6.24. The number of amides is 1. The number of aromatic nitrogens is 2. The first-order valence-corrected chi connectivity index (χ1v) is 11.5. The molecule has 10 heteroatoms. The summed E-state index contributed by atoms with van der Waals surface area (Å²) in [4.78, 5) is 31.9. The van der Waals surface area contributed by atoms with Gasteiger partial charge in [-0.05, 0) is 42.3 Å². The molecule has 0 unspecified atom stereocenters. The van der Waals surface area contributed by atoms with Crippen LogP contribution in [0.2, 0.25) is 0 Å². The SMILES string of the molecule is COc1cc([C@H]2C(=C(O)c3ccc4c(c3)OCCO4)C(=O)C(=O)N2CCCn2ccnc2)ccc1O. The number of aliphatic hydroxyl groups excluding tert-OH is 1. The van der Waals surface area contributed by atoms with Crippen LogP contribution < -0.4 is 14.2 Å². The van der Waals surface area contributed by atoms with Crippen LogP contribution in [0.25, 0.3) is 5.76 Å². The molecule has 0 bridgehead atoms. The van der Waals surface area contributed by atoms with Crippen molar-refractivity contribution < 1.29 is 34.0 Å². The number of ketones is 1. The summed E-state index contributed by atoms with van der Waals surface area (Å²) in [7, 11) is 1.41. The summed E-state index contributed by atoms with van der Waals surface area (Å²) in [6.45, 7) is 1.64. The Hall–Kier alpha value is -4.47. The third-order valence-electron chi connectivity index (χ3n) is 6.25. The number of imidazole rings is 1. The van der Waals surface area contributed by atoms with Crippen molar-refractivity contribution in [1.82, 2.24) is 14.5 Å². The first-order valence-electron chi connectivity index (χ1n) is 11.5. The van der Waals surface area contributed by atoms with Crippen LogP contribution in [0.1, 0.15) is 23.6 Å². The second-order valence-electron chi connectivity index (χ2n) is 8.44. The van der Waals surface area contributed by atoms with Crippen molar-refractivity contribution >= 4 is 17.4 Å². The van der Waals surface area contributed by atoms with Gasteiger partial charge in [0.1, 0.15) is 19.0 Å². The van der Waals surface area contributed by atoms with Gasteiger partial charge in [-0.15, -0.1) is 0 Å². The molecule has 0 aliphatic carbocycles. The molecule has 2 N–H and O–H groups in total. The molecule has 0 saturated carbocycles. The number of aromatic hydroxyl groups is 1. The third kappa shape index (κ3) is 4.21. The molecule has 1 aromatic heterocycles. The minimum atomic E-state index is -0.879. The number of likely N-dealkylation sites (tertiary alicyclic amines) is 1. The summed E-state index contributed by atoms with van der Waals surface area (Å²) in [6, 6.07) is 8.58. The second-order valence-corrected chi connectivity index (χ2v) is 8.44. The molecule has 5 rings (SSSR count). The van der Waals surface area contributed by atoms with Gasteiger partial charge in [0.25, 0.3) is 11.7 Å². The fourth-order valence-corrected chi connectivity index (χ4v) is 4.51. The lowest BCUT2D eigenvalue weighted by atomic mass is 9.94. The molecule has 2 aliphatic heterocycles. The lowest BCUT2D eigenvalue weighted by Gasteiger charge is -2.26. The molecular weight excluding hydrogens is 466 g/mol. The highest BCUT2D eigenvalue weighted by atomic mass is 16.6. The Labute approximate surface area is 207 Å². The first-order chi connectivity index (χ1) is 17.5. The molecule has 1 fully saturated rings. The average Bonchev–Trinajstić information content (AvgIpc) is 3.50. The maximum absolute atomic E-state index is 13.3. The van der Waals surface area contributed by atoms with E-state index in [-0.39, 0.29) is 29.4 Å². The molecule has 36 heavy (non-hydrogen) atoms. The van der Waals surface area contributed by atoms with Crippen molar-refractivity contribution in [3.05, 3.63) is 71.8 Å². The average molecular weight is 492 g/mol. The smallest absolute Gasteiger partial charge is 0.295 e. The van der Waals surface area contributed by atoms with Gasteiger partial charge in [0, 0.05) is 31.0 Å². The van der Waals surface area contributed by atoms with Crippen molar-refractivity contribution in [2.75, 3.05) is 26.9 Å². The van der Waals surface area contributed by atoms with Crippen LogP contribution in [0.4, 0.5) is 0 Å². The van der Waals surface area contributed by atoms with Gasteiger partial charge in [0.15, 0.2) is 23.0 Å². The number of ether oxygens (including phenoxy) is 3. The van der Waals surface area contributed by atoms with Crippen molar-refractivity contribution in [3.8, 4) is 23.0 Å². The monoisotopic (exact) mass is 491 g/mol. The summed E-state index contributed by atoms with van der Waals surface area (Å²) in [5.74, 6) is -0.723. The highest BCUT2D eigenvalue weighted by Crippen LogP contribution is 2.43. The number of hydrogen-bond donors (Lipinski definition) is 2. The van der Waals surface area contributed by atoms with Crippen LogP contribution in [0.15, 0.2) is 60.7 Å². The predicted molar refractivity (Wildman–Crippen MR) is 128 cm³/mol. The van der Waals surface area contributed by atoms with Crippen LogP contribution in [-0.4, -0.2) is 63.2 Å². The van der Waals surface area contributed by atoms with E-state index in [0.717, 1.165) is 0 Å². The zero-order valence-electron chi connectivity index (χ0n) is 19.6. The number of carbonyl (C=O) groups is 2. The van der Waals surface area contributed by atoms with Crippen LogP contribution in [0.5, 0.6) is 23.0 Å². The van der Waals surface area contributed by atoms with Gasteiger partial charge in [0.2, 0.25) is 0 Å². The predicted octanol–water partition coefficient (Wildman–Crippen LogP) is 2.88. The number of benzene rings is 2. The summed E-state index contributed by atoms with van der Waals surface area (Å²) in [6.07, 6.45) is 5.72. The van der Waals surface area contributed by atoms with Gasteiger partial charge >= 0.3 is 0 Å². The van der Waals surface area contributed by atoms with E-state index < -0.39 is 17.7 Å². The number of aryl methyl sites for hydroxylation is 1. The maximum Gasteiger partial charge on any atom is 0.295 e. The Morgan fingerprint density at radius 2 is 1.92 bits per heavy atom. The zero-order valence-corrected chi connectivity index (χ0v) is 19.6. The van der Waals surface area contributed by atoms with E-state index in [1.807, 2.05) is 10.8 Å². The van der Waals surface area contributed by atoms with Crippen LogP contribution >= 0.6 is 0 Å². The highest BCUT2D eigenvalue weighted by molar-refractivity contribution is 6.46. The fourth-order valence-electron chi connectivity index (χ4n) is 4.51. The molecule has 1 saturated heterocycles. The van der Waals surface area contributed by atoms with Crippen molar-refractivity contribution in [2.24, 2.45) is 0 Å². The van der Waals surface area contributed by atoms with Crippen molar-refractivity contribution in [2.45, 2.75) is 19.0 Å². The molecule has 0 radical (unpaired) electrons. The molecule has 2 aliphatic rings. The van der Waals surface area contributed by atoms with E-state index in [1.54, 1.807) is 42.9 Å². The molecule has 0 spiro atoms. The van der Waals surface area contributed by atoms with E-state index in [2.05, 4.69) is 4.98 Å². The maximum atomic E-state index is 13.3. The Bertz CT molecular complexity index is 1330. The van der Waals surface area contributed by atoms with Gasteiger partial charge in [-0.1, -0.05) is 6.07 Å². The number of Topliss-reactive ketones (excluding diaryl/α,β-unsaturated/α-hetero) is 1. The number of fused-ring (bicyclic) bond motifs is 1. The Morgan fingerprint density at radius 3 is 2.67 bits per heavy atom. The summed E-state index contributed by atoms with van der Waals surface area (Å²) >= 11 is 0. The van der Waals surface area contributed by atoms with Gasteiger partial charge in [-0.3, -0.25) is 9.59 Å². The third-order valence-corrected chi connectivity index (χ3v) is 6.25. The lowest BCUT2D eigenvalue weighted by Crippen LogP contribution is -2.31. The van der Waals surface area contributed by atoms with E-state index in [9.17, 15) is 19.8 Å². The normalized spacial score (nSPS) is 18.5. The fraction of sp³-hybridized carbons (Fsp3) is 0.269. The second kappa shape index (κ2) is 9.65. The van der Waals surface area contributed by atoms with Crippen LogP contribution in [0, 0.1) is 0 Å².